The van der Waals surface area contributed by atoms with Gasteiger partial charge in [-0.25, -0.2) is 9.59 Å². The zero-order valence-electron chi connectivity index (χ0n) is 10.2. The normalized spacial score (nSPS) is 17.1. The van der Waals surface area contributed by atoms with E-state index in [-0.39, 0.29) is 0 Å². The molecule has 7 heteroatoms. The number of carbonyl (C=O) groups excluding carboxylic acids is 1. The summed E-state index contributed by atoms with van der Waals surface area (Å²) in [5.41, 5.74) is -1.09. The molecule has 0 aliphatic heterocycles. The van der Waals surface area contributed by atoms with Gasteiger partial charge in [-0.2, -0.15) is 0 Å². The van der Waals surface area contributed by atoms with Crippen molar-refractivity contribution in [3.05, 3.63) is 20.8 Å². The van der Waals surface area contributed by atoms with Gasteiger partial charge in [0.15, 0.2) is 0 Å². The quantitative estimate of drug-likeness (QED) is 0.784. The van der Waals surface area contributed by atoms with E-state index in [1.54, 1.807) is 0 Å². The highest BCUT2D eigenvalue weighted by Crippen LogP contribution is 2.29. The van der Waals surface area contributed by atoms with E-state index in [2.05, 4.69) is 26.6 Å². The van der Waals surface area contributed by atoms with Gasteiger partial charge >= 0.3 is 12.0 Å². The molecule has 0 aromatic carbocycles. The Morgan fingerprint density at radius 2 is 2.11 bits per heavy atom. The van der Waals surface area contributed by atoms with Crippen molar-refractivity contribution < 1.29 is 14.7 Å². The maximum Gasteiger partial charge on any atom is 0.329 e. The lowest BCUT2D eigenvalue weighted by molar-refractivity contribution is -0.144. The first-order valence-electron chi connectivity index (χ1n) is 6.05. The Hall–Kier alpha value is -1.08. The maximum absolute atomic E-state index is 11.8. The van der Waals surface area contributed by atoms with E-state index in [9.17, 15) is 14.7 Å². The van der Waals surface area contributed by atoms with Crippen LogP contribution in [0.1, 0.15) is 30.6 Å². The molecule has 1 saturated carbocycles. The highest BCUT2D eigenvalue weighted by atomic mass is 79.9. The Labute approximate surface area is 123 Å². The lowest BCUT2D eigenvalue weighted by Gasteiger charge is -2.25. The van der Waals surface area contributed by atoms with Crippen molar-refractivity contribution >= 4 is 39.3 Å². The molecule has 0 bridgehead atoms. The van der Waals surface area contributed by atoms with Crippen LogP contribution in [0.4, 0.5) is 4.79 Å². The van der Waals surface area contributed by atoms with E-state index in [1.807, 2.05) is 11.4 Å². The summed E-state index contributed by atoms with van der Waals surface area (Å²) in [6, 6.07) is 1.49. The summed E-state index contributed by atoms with van der Waals surface area (Å²) in [4.78, 5) is 24.1. The molecule has 0 spiro atoms. The van der Waals surface area contributed by atoms with Gasteiger partial charge in [0.25, 0.3) is 0 Å². The molecular weight excluding hydrogens is 332 g/mol. The number of nitrogens with one attached hydrogen (secondary N) is 2. The van der Waals surface area contributed by atoms with Crippen LogP contribution >= 0.6 is 27.3 Å². The molecule has 0 radical (unpaired) electrons. The van der Waals surface area contributed by atoms with Gasteiger partial charge in [-0.3, -0.25) is 0 Å². The zero-order chi connectivity index (χ0) is 13.9. The standard InChI is InChI=1S/C12H15BrN2O3S/c13-8-3-6-19-9(8)7-14-11(18)15-12(10(16)17)4-1-2-5-12/h3,6H,1-2,4-5,7H2,(H,16,17)(H2,14,15,18). The minimum Gasteiger partial charge on any atom is -0.480 e. The summed E-state index contributed by atoms with van der Waals surface area (Å²) in [6.07, 6.45) is 2.67. The number of carboxylic acid groups (broad SMARTS) is 1. The number of carboxylic acids is 1. The molecule has 0 unspecified atom stereocenters. The van der Waals surface area contributed by atoms with Crippen molar-refractivity contribution in [1.82, 2.24) is 10.6 Å². The van der Waals surface area contributed by atoms with Crippen molar-refractivity contribution in [2.45, 2.75) is 37.8 Å². The second-order valence-corrected chi connectivity index (χ2v) is 6.45. The lowest BCUT2D eigenvalue weighted by Crippen LogP contribution is -2.55. The van der Waals surface area contributed by atoms with Crippen LogP contribution in [0.2, 0.25) is 0 Å². The average molecular weight is 347 g/mol. The van der Waals surface area contributed by atoms with E-state index >= 15 is 0 Å². The predicted molar refractivity (Wildman–Crippen MR) is 76.2 cm³/mol. The number of halogens is 1. The number of thiophene rings is 1. The molecule has 1 aromatic rings. The second-order valence-electron chi connectivity index (χ2n) is 4.59. The SMILES string of the molecule is O=C(NCc1sccc1Br)NC1(C(=O)O)CCCC1. The fourth-order valence-electron chi connectivity index (χ4n) is 2.24. The molecule has 1 aliphatic rings. The molecule has 5 nitrogen and oxygen atoms in total. The highest BCUT2D eigenvalue weighted by molar-refractivity contribution is 9.10. The monoisotopic (exact) mass is 346 g/mol. The van der Waals surface area contributed by atoms with Crippen molar-refractivity contribution in [3.8, 4) is 0 Å². The Bertz CT molecular complexity index is 483. The largest absolute Gasteiger partial charge is 0.480 e. The Morgan fingerprint density at radius 3 is 2.63 bits per heavy atom. The van der Waals surface area contributed by atoms with Crippen LogP contribution in [-0.4, -0.2) is 22.6 Å². The number of urea groups is 1. The number of amides is 2. The maximum atomic E-state index is 11.8. The summed E-state index contributed by atoms with van der Waals surface area (Å²) in [5, 5.41) is 16.5. The average Bonchev–Trinajstić information content (AvgIpc) is 2.97. The van der Waals surface area contributed by atoms with Crippen LogP contribution in [0.5, 0.6) is 0 Å². The summed E-state index contributed by atoms with van der Waals surface area (Å²) < 4.78 is 0.951. The number of rotatable bonds is 4. The summed E-state index contributed by atoms with van der Waals surface area (Å²) >= 11 is 4.92. The van der Waals surface area contributed by atoms with Crippen LogP contribution in [0.15, 0.2) is 15.9 Å². The van der Waals surface area contributed by atoms with Gasteiger partial charge in [0.05, 0.1) is 6.54 Å². The third-order valence-corrected chi connectivity index (χ3v) is 5.25. The van der Waals surface area contributed by atoms with E-state index in [1.165, 1.54) is 11.3 Å². The van der Waals surface area contributed by atoms with E-state index in [0.717, 1.165) is 22.2 Å². The van der Waals surface area contributed by atoms with Gasteiger partial charge in [0, 0.05) is 9.35 Å². The summed E-state index contributed by atoms with van der Waals surface area (Å²) in [5.74, 6) is -0.947. The molecule has 104 valence electrons. The highest BCUT2D eigenvalue weighted by Gasteiger charge is 2.42. The first-order valence-corrected chi connectivity index (χ1v) is 7.72. The van der Waals surface area contributed by atoms with Crippen LogP contribution in [0.25, 0.3) is 0 Å². The van der Waals surface area contributed by atoms with E-state index < -0.39 is 17.5 Å². The predicted octanol–water partition coefficient (Wildman–Crippen LogP) is 2.71. The van der Waals surface area contributed by atoms with Crippen molar-refractivity contribution in [2.75, 3.05) is 0 Å². The minimum atomic E-state index is -1.09. The van der Waals surface area contributed by atoms with Crippen LogP contribution in [0, 0.1) is 0 Å². The Morgan fingerprint density at radius 1 is 1.42 bits per heavy atom. The molecule has 0 atom stereocenters. The molecule has 19 heavy (non-hydrogen) atoms. The van der Waals surface area contributed by atoms with Crippen molar-refractivity contribution in [2.24, 2.45) is 0 Å². The molecule has 1 fully saturated rings. The topological polar surface area (TPSA) is 78.4 Å². The molecule has 2 amide bonds. The van der Waals surface area contributed by atoms with Gasteiger partial charge in [0.1, 0.15) is 5.54 Å². The lowest BCUT2D eigenvalue weighted by atomic mass is 9.98. The van der Waals surface area contributed by atoms with Crippen LogP contribution in [-0.2, 0) is 11.3 Å². The summed E-state index contributed by atoms with van der Waals surface area (Å²) in [7, 11) is 0. The van der Waals surface area contributed by atoms with E-state index in [4.69, 9.17) is 0 Å². The molecule has 1 heterocycles. The van der Waals surface area contributed by atoms with Gasteiger partial charge in [-0.1, -0.05) is 12.8 Å². The molecule has 0 saturated heterocycles. The first-order chi connectivity index (χ1) is 9.03. The fourth-order valence-corrected chi connectivity index (χ4v) is 3.68. The number of aliphatic carboxylic acids is 1. The van der Waals surface area contributed by atoms with Crippen LogP contribution in [0.3, 0.4) is 0 Å². The van der Waals surface area contributed by atoms with Gasteiger partial charge in [-0.15, -0.1) is 11.3 Å². The van der Waals surface area contributed by atoms with Gasteiger partial charge in [0.2, 0.25) is 0 Å². The molecular formula is C12H15BrN2O3S. The van der Waals surface area contributed by atoms with E-state index in [0.29, 0.717) is 19.4 Å². The van der Waals surface area contributed by atoms with Crippen molar-refractivity contribution in [1.29, 1.82) is 0 Å². The second kappa shape index (κ2) is 5.92. The first kappa shape index (κ1) is 14.3. The summed E-state index contributed by atoms with van der Waals surface area (Å²) in [6.45, 7) is 0.389. The molecule has 3 N–H and O–H groups in total. The zero-order valence-corrected chi connectivity index (χ0v) is 12.6. The van der Waals surface area contributed by atoms with Gasteiger partial charge < -0.3 is 15.7 Å². The van der Waals surface area contributed by atoms with Crippen molar-refractivity contribution in [3.63, 3.8) is 0 Å². The number of hydrogen-bond acceptors (Lipinski definition) is 3. The third kappa shape index (κ3) is 3.27. The fraction of sp³-hybridized carbons (Fsp3) is 0.500. The number of hydrogen-bond donors (Lipinski definition) is 3. The van der Waals surface area contributed by atoms with Crippen LogP contribution < -0.4 is 10.6 Å². The number of carbonyl (C=O) groups is 2. The van der Waals surface area contributed by atoms with Gasteiger partial charge in [-0.05, 0) is 40.2 Å². The Balaban J connectivity index is 1.90. The Kier molecular flexibility index (Phi) is 4.46. The minimum absolute atomic E-state index is 0.389. The molecule has 2 rings (SSSR count). The smallest absolute Gasteiger partial charge is 0.329 e. The third-order valence-electron chi connectivity index (χ3n) is 3.32. The molecule has 1 aromatic heterocycles. The molecule has 1 aliphatic carbocycles.